The molecule has 2 aliphatic rings. The van der Waals surface area contributed by atoms with Gasteiger partial charge in [-0.15, -0.1) is 0 Å². The first-order valence-corrected chi connectivity index (χ1v) is 11.4. The summed E-state index contributed by atoms with van der Waals surface area (Å²) >= 11 is 0. The molecule has 1 amide bonds. The Morgan fingerprint density at radius 1 is 1.26 bits per heavy atom. The van der Waals surface area contributed by atoms with E-state index in [1.165, 1.54) is 11.3 Å². The van der Waals surface area contributed by atoms with Gasteiger partial charge in [-0.25, -0.2) is 14.8 Å². The van der Waals surface area contributed by atoms with Crippen LogP contribution in [-0.4, -0.2) is 64.8 Å². The van der Waals surface area contributed by atoms with Gasteiger partial charge in [0.25, 0.3) is 5.88 Å². The van der Waals surface area contributed by atoms with Crippen LogP contribution >= 0.6 is 0 Å². The van der Waals surface area contributed by atoms with Gasteiger partial charge in [-0.1, -0.05) is 0 Å². The van der Waals surface area contributed by atoms with E-state index in [-0.39, 0.29) is 36.3 Å². The number of esters is 1. The summed E-state index contributed by atoms with van der Waals surface area (Å²) in [6.07, 6.45) is 5.80. The Morgan fingerprint density at radius 2 is 2.06 bits per heavy atom. The molecule has 0 saturated carbocycles. The van der Waals surface area contributed by atoms with E-state index in [2.05, 4.69) is 21.0 Å². The number of hydrogen-bond acceptors (Lipinski definition) is 10. The van der Waals surface area contributed by atoms with E-state index in [0.29, 0.717) is 44.5 Å². The van der Waals surface area contributed by atoms with Crippen molar-refractivity contribution in [3.05, 3.63) is 41.6 Å². The highest BCUT2D eigenvalue weighted by molar-refractivity contribution is 5.79. The number of hydrogen-bond donors (Lipinski definition) is 0. The second kappa shape index (κ2) is 11.1. The van der Waals surface area contributed by atoms with Gasteiger partial charge in [-0.05, 0) is 31.4 Å². The number of ether oxygens (including phenoxy) is 2. The first kappa shape index (κ1) is 24.3. The summed E-state index contributed by atoms with van der Waals surface area (Å²) in [6.45, 7) is 2.76. The van der Waals surface area contributed by atoms with Crippen molar-refractivity contribution in [3.8, 4) is 11.9 Å². The third kappa shape index (κ3) is 5.63. The fraction of sp³-hybridized carbons (Fsp3) is 0.478. The van der Waals surface area contributed by atoms with Gasteiger partial charge in [-0.2, -0.15) is 14.6 Å². The Morgan fingerprint density at radius 3 is 2.80 bits per heavy atom. The number of carbonyl (C=O) groups excluding carboxylic acids is 2. The maximum absolute atomic E-state index is 14.0. The quantitative estimate of drug-likeness (QED) is 0.537. The smallest absolute Gasteiger partial charge is 0.344 e. The van der Waals surface area contributed by atoms with Crippen molar-refractivity contribution in [1.29, 1.82) is 5.26 Å². The Hall–Kier alpha value is -3.85. The Labute approximate surface area is 201 Å². The summed E-state index contributed by atoms with van der Waals surface area (Å²) in [5.41, 5.74) is 1.20. The van der Waals surface area contributed by atoms with Crippen LogP contribution in [0.1, 0.15) is 43.4 Å². The van der Waals surface area contributed by atoms with Crippen molar-refractivity contribution in [2.24, 2.45) is 5.92 Å². The zero-order valence-electron chi connectivity index (χ0n) is 19.2. The average molecular weight is 484 g/mol. The molecule has 12 heteroatoms. The molecule has 2 saturated heterocycles. The molecule has 35 heavy (non-hydrogen) atoms. The van der Waals surface area contributed by atoms with Crippen LogP contribution in [0, 0.1) is 23.1 Å². The molecule has 0 N–H and O–H groups in total. The molecular weight excluding hydrogens is 459 g/mol. The Bertz CT molecular complexity index is 1120. The van der Waals surface area contributed by atoms with Gasteiger partial charge in [0.1, 0.15) is 6.07 Å². The van der Waals surface area contributed by atoms with Crippen LogP contribution in [0.3, 0.4) is 0 Å². The topological polar surface area (TPSA) is 131 Å². The lowest BCUT2D eigenvalue weighted by Crippen LogP contribution is -2.42. The predicted molar refractivity (Wildman–Crippen MR) is 118 cm³/mol. The zero-order valence-corrected chi connectivity index (χ0v) is 19.2. The van der Waals surface area contributed by atoms with Crippen molar-refractivity contribution in [3.63, 3.8) is 0 Å². The number of rotatable bonds is 7. The number of pyridine rings is 1. The minimum Gasteiger partial charge on any atom is -0.463 e. The Kier molecular flexibility index (Phi) is 7.67. The summed E-state index contributed by atoms with van der Waals surface area (Å²) in [5.74, 6) is -1.86. The summed E-state index contributed by atoms with van der Waals surface area (Å²) in [4.78, 5) is 44.4. The van der Waals surface area contributed by atoms with Crippen molar-refractivity contribution in [2.45, 2.75) is 32.2 Å². The van der Waals surface area contributed by atoms with E-state index in [0.717, 1.165) is 11.8 Å². The standard InChI is InChI=1S/C23H25FN6O5/c1-2-33-20(31)14-34-21-18(24)13-27-23(28-21)29-6-3-16(4-7-29)22(32)30-19(5-8-35-30)17-9-15(10-25)11-26-12-17/h9,11-13,16,19H,2-8,14H2,1H3/t19-/m0/s1. The lowest BCUT2D eigenvalue weighted by atomic mass is 9.95. The van der Waals surface area contributed by atoms with Crippen LogP contribution < -0.4 is 9.64 Å². The van der Waals surface area contributed by atoms with Crippen molar-refractivity contribution in [1.82, 2.24) is 20.0 Å². The number of amides is 1. The maximum atomic E-state index is 14.0. The van der Waals surface area contributed by atoms with Crippen LogP contribution in [0.15, 0.2) is 24.7 Å². The molecule has 4 rings (SSSR count). The van der Waals surface area contributed by atoms with Crippen molar-refractivity contribution < 1.29 is 28.3 Å². The number of piperidine rings is 1. The van der Waals surface area contributed by atoms with E-state index in [1.807, 2.05) is 4.90 Å². The molecule has 0 bridgehead atoms. The SMILES string of the molecule is CCOC(=O)COc1nc(N2CCC(C(=O)N3OCC[C@H]3c3cncc(C#N)c3)CC2)ncc1F. The third-order valence-corrected chi connectivity index (χ3v) is 5.85. The van der Waals surface area contributed by atoms with Gasteiger partial charge >= 0.3 is 5.97 Å². The molecule has 184 valence electrons. The predicted octanol–water partition coefficient (Wildman–Crippen LogP) is 1.95. The second-order valence-corrected chi connectivity index (χ2v) is 8.10. The molecule has 2 aliphatic heterocycles. The van der Waals surface area contributed by atoms with Gasteiger partial charge < -0.3 is 14.4 Å². The largest absolute Gasteiger partial charge is 0.463 e. The van der Waals surface area contributed by atoms with Crippen LogP contribution in [0.25, 0.3) is 0 Å². The van der Waals surface area contributed by atoms with Gasteiger partial charge in [0, 0.05) is 37.8 Å². The average Bonchev–Trinajstić information content (AvgIpc) is 3.38. The van der Waals surface area contributed by atoms with E-state index >= 15 is 0 Å². The summed E-state index contributed by atoms with van der Waals surface area (Å²) in [7, 11) is 0. The first-order valence-electron chi connectivity index (χ1n) is 11.4. The third-order valence-electron chi connectivity index (χ3n) is 5.85. The van der Waals surface area contributed by atoms with Crippen LogP contribution in [0.4, 0.5) is 10.3 Å². The summed E-state index contributed by atoms with van der Waals surface area (Å²) < 4.78 is 24.0. The number of nitriles is 1. The second-order valence-electron chi connectivity index (χ2n) is 8.10. The van der Waals surface area contributed by atoms with Gasteiger partial charge in [-0.3, -0.25) is 14.6 Å². The van der Waals surface area contributed by atoms with Crippen molar-refractivity contribution in [2.75, 3.05) is 37.8 Å². The highest BCUT2D eigenvalue weighted by Crippen LogP contribution is 2.34. The number of carbonyl (C=O) groups is 2. The maximum Gasteiger partial charge on any atom is 0.344 e. The molecule has 2 aromatic heterocycles. The number of hydroxylamine groups is 2. The summed E-state index contributed by atoms with van der Waals surface area (Å²) in [6, 6.07) is 3.50. The fourth-order valence-corrected chi connectivity index (χ4v) is 4.12. The monoisotopic (exact) mass is 484 g/mol. The minimum absolute atomic E-state index is 0.118. The van der Waals surface area contributed by atoms with E-state index in [4.69, 9.17) is 19.6 Å². The minimum atomic E-state index is -0.782. The number of halogens is 1. The molecule has 0 radical (unpaired) electrons. The van der Waals surface area contributed by atoms with Gasteiger partial charge in [0.2, 0.25) is 17.7 Å². The van der Waals surface area contributed by atoms with Crippen molar-refractivity contribution >= 4 is 17.8 Å². The molecule has 0 aromatic carbocycles. The molecule has 1 atom stereocenters. The zero-order chi connectivity index (χ0) is 24.8. The number of anilines is 1. The van der Waals surface area contributed by atoms with Gasteiger partial charge in [0.05, 0.1) is 31.0 Å². The first-order chi connectivity index (χ1) is 17.0. The fourth-order valence-electron chi connectivity index (χ4n) is 4.12. The molecule has 0 aliphatic carbocycles. The van der Waals surface area contributed by atoms with Gasteiger partial charge in [0.15, 0.2) is 6.61 Å². The van der Waals surface area contributed by atoms with Crippen LogP contribution in [-0.2, 0) is 19.2 Å². The molecule has 2 fully saturated rings. The molecule has 0 spiro atoms. The molecule has 11 nitrogen and oxygen atoms in total. The highest BCUT2D eigenvalue weighted by atomic mass is 19.1. The van der Waals surface area contributed by atoms with Crippen LogP contribution in [0.2, 0.25) is 0 Å². The molecule has 4 heterocycles. The van der Waals surface area contributed by atoms with Crippen LogP contribution in [0.5, 0.6) is 5.88 Å². The van der Waals surface area contributed by atoms with E-state index < -0.39 is 18.4 Å². The summed E-state index contributed by atoms with van der Waals surface area (Å²) in [5, 5.41) is 10.6. The Balaban J connectivity index is 1.37. The normalized spacial score (nSPS) is 18.3. The lowest BCUT2D eigenvalue weighted by molar-refractivity contribution is -0.182. The molecular formula is C23H25FN6O5. The number of nitrogens with zero attached hydrogens (tertiary/aromatic N) is 6. The van der Waals surface area contributed by atoms with E-state index in [1.54, 1.807) is 19.2 Å². The van der Waals surface area contributed by atoms with E-state index in [9.17, 15) is 14.0 Å². The molecule has 0 unspecified atom stereocenters. The molecule has 2 aromatic rings. The highest BCUT2D eigenvalue weighted by Gasteiger charge is 2.37. The number of aromatic nitrogens is 3. The lowest BCUT2D eigenvalue weighted by Gasteiger charge is -2.34.